The number of thiazole rings is 1. The summed E-state index contributed by atoms with van der Waals surface area (Å²) < 4.78 is 6.34. The van der Waals surface area contributed by atoms with E-state index in [1.807, 2.05) is 24.3 Å². The number of benzene rings is 1. The zero-order valence-electron chi connectivity index (χ0n) is 13.7. The first-order valence-electron chi connectivity index (χ1n) is 8.08. The van der Waals surface area contributed by atoms with Crippen LogP contribution in [0.1, 0.15) is 20.2 Å². The SMILES string of the molecule is O=C(NNC(=O)c1cc2ccccc2s1)c1csc(N2CCOCC2)n1. The highest BCUT2D eigenvalue weighted by Gasteiger charge is 2.18. The van der Waals surface area contributed by atoms with Gasteiger partial charge in [0, 0.05) is 23.2 Å². The number of carbonyl (C=O) groups excluding carboxylic acids is 2. The molecular formula is C17H16N4O3S2. The first-order chi connectivity index (χ1) is 12.7. The van der Waals surface area contributed by atoms with Gasteiger partial charge in [0.1, 0.15) is 5.69 Å². The Morgan fingerprint density at radius 3 is 2.69 bits per heavy atom. The van der Waals surface area contributed by atoms with Crippen molar-refractivity contribution >= 4 is 49.7 Å². The van der Waals surface area contributed by atoms with Crippen LogP contribution in [0.4, 0.5) is 5.13 Å². The van der Waals surface area contributed by atoms with E-state index in [1.165, 1.54) is 22.7 Å². The lowest BCUT2D eigenvalue weighted by atomic mass is 10.2. The molecule has 7 nitrogen and oxygen atoms in total. The molecule has 1 fully saturated rings. The number of hydrogen-bond donors (Lipinski definition) is 2. The lowest BCUT2D eigenvalue weighted by Gasteiger charge is -2.25. The fourth-order valence-corrected chi connectivity index (χ4v) is 4.42. The minimum atomic E-state index is -0.435. The minimum absolute atomic E-state index is 0.285. The molecule has 0 bridgehead atoms. The number of anilines is 1. The second-order valence-corrected chi connectivity index (χ2v) is 7.59. The van der Waals surface area contributed by atoms with Gasteiger partial charge in [0.2, 0.25) is 0 Å². The first-order valence-corrected chi connectivity index (χ1v) is 9.78. The average Bonchev–Trinajstić information content (AvgIpc) is 3.33. The second-order valence-electron chi connectivity index (χ2n) is 5.67. The molecule has 2 N–H and O–H groups in total. The molecule has 0 saturated carbocycles. The number of hydrogen-bond acceptors (Lipinski definition) is 7. The number of aromatic nitrogens is 1. The number of fused-ring (bicyclic) bond motifs is 1. The highest BCUT2D eigenvalue weighted by molar-refractivity contribution is 7.20. The van der Waals surface area contributed by atoms with Crippen LogP contribution in [0.5, 0.6) is 0 Å². The van der Waals surface area contributed by atoms with Gasteiger partial charge in [-0.25, -0.2) is 4.98 Å². The van der Waals surface area contributed by atoms with Gasteiger partial charge in [-0.05, 0) is 17.5 Å². The highest BCUT2D eigenvalue weighted by atomic mass is 32.1. The van der Waals surface area contributed by atoms with E-state index < -0.39 is 5.91 Å². The molecule has 134 valence electrons. The molecule has 1 aliphatic rings. The first kappa shape index (κ1) is 17.0. The Bertz CT molecular complexity index is 913. The molecule has 1 aromatic carbocycles. The lowest BCUT2D eigenvalue weighted by Crippen LogP contribution is -2.41. The Labute approximate surface area is 157 Å². The van der Waals surface area contributed by atoms with Crippen LogP contribution in [0.3, 0.4) is 0 Å². The van der Waals surface area contributed by atoms with Crippen molar-refractivity contribution in [3.63, 3.8) is 0 Å². The number of ether oxygens (including phenoxy) is 1. The molecule has 4 rings (SSSR count). The molecule has 3 aromatic rings. The number of amides is 2. The normalized spacial score (nSPS) is 14.4. The topological polar surface area (TPSA) is 83.6 Å². The fraction of sp³-hybridized carbons (Fsp3) is 0.235. The van der Waals surface area contributed by atoms with E-state index in [2.05, 4.69) is 20.7 Å². The third-order valence-corrected chi connectivity index (χ3v) is 5.96. The summed E-state index contributed by atoms with van der Waals surface area (Å²) in [6.07, 6.45) is 0. The van der Waals surface area contributed by atoms with Crippen molar-refractivity contribution in [1.29, 1.82) is 0 Å². The van der Waals surface area contributed by atoms with Crippen molar-refractivity contribution in [2.24, 2.45) is 0 Å². The Morgan fingerprint density at radius 1 is 1.12 bits per heavy atom. The molecule has 2 amide bonds. The average molecular weight is 388 g/mol. The number of nitrogens with zero attached hydrogens (tertiary/aromatic N) is 2. The number of hydrazine groups is 1. The largest absolute Gasteiger partial charge is 0.378 e. The molecule has 1 saturated heterocycles. The molecule has 3 heterocycles. The summed E-state index contributed by atoms with van der Waals surface area (Å²) in [4.78, 5) is 31.4. The van der Waals surface area contributed by atoms with E-state index in [9.17, 15) is 9.59 Å². The quantitative estimate of drug-likeness (QED) is 0.673. The van der Waals surface area contributed by atoms with Crippen LogP contribution in [-0.4, -0.2) is 43.1 Å². The predicted octanol–water partition coefficient (Wildman–Crippen LogP) is 2.27. The van der Waals surface area contributed by atoms with E-state index in [-0.39, 0.29) is 11.6 Å². The maximum absolute atomic E-state index is 12.2. The molecule has 0 unspecified atom stereocenters. The fourth-order valence-electron chi connectivity index (χ4n) is 2.60. The van der Waals surface area contributed by atoms with Gasteiger partial charge in [0.05, 0.1) is 18.1 Å². The summed E-state index contributed by atoms with van der Waals surface area (Å²) in [6, 6.07) is 9.56. The van der Waals surface area contributed by atoms with Gasteiger partial charge in [-0.3, -0.25) is 20.4 Å². The molecule has 9 heteroatoms. The number of carbonyl (C=O) groups is 2. The van der Waals surface area contributed by atoms with E-state index in [4.69, 9.17) is 4.74 Å². The molecule has 0 atom stereocenters. The molecular weight excluding hydrogens is 372 g/mol. The number of thiophene rings is 1. The third-order valence-electron chi connectivity index (χ3n) is 3.95. The monoisotopic (exact) mass is 388 g/mol. The zero-order valence-corrected chi connectivity index (χ0v) is 15.4. The summed E-state index contributed by atoms with van der Waals surface area (Å²) in [7, 11) is 0. The van der Waals surface area contributed by atoms with Crippen LogP contribution in [0.25, 0.3) is 10.1 Å². The van der Waals surface area contributed by atoms with E-state index in [1.54, 1.807) is 11.4 Å². The van der Waals surface area contributed by atoms with Crippen LogP contribution in [0, 0.1) is 0 Å². The number of morpholine rings is 1. The van der Waals surface area contributed by atoms with Crippen molar-refractivity contribution < 1.29 is 14.3 Å². The third kappa shape index (κ3) is 3.55. The Morgan fingerprint density at radius 2 is 1.88 bits per heavy atom. The van der Waals surface area contributed by atoms with Crippen LogP contribution in [0.2, 0.25) is 0 Å². The summed E-state index contributed by atoms with van der Waals surface area (Å²) in [6.45, 7) is 2.84. The molecule has 2 aromatic heterocycles. The molecule has 1 aliphatic heterocycles. The van der Waals surface area contributed by atoms with E-state index in [0.717, 1.165) is 28.3 Å². The molecule has 26 heavy (non-hydrogen) atoms. The summed E-state index contributed by atoms with van der Waals surface area (Å²) in [5.74, 6) is -0.779. The Kier molecular flexibility index (Phi) is 4.83. The summed E-state index contributed by atoms with van der Waals surface area (Å²) in [5.41, 5.74) is 5.16. The van der Waals surface area contributed by atoms with E-state index >= 15 is 0 Å². The minimum Gasteiger partial charge on any atom is -0.378 e. The molecule has 0 radical (unpaired) electrons. The van der Waals surface area contributed by atoms with Gasteiger partial charge in [0.15, 0.2) is 5.13 Å². The maximum Gasteiger partial charge on any atom is 0.289 e. The standard InChI is InChI=1S/C17H16N4O3S2/c22-15(12-10-25-17(18-12)21-5-7-24-8-6-21)19-20-16(23)14-9-11-3-1-2-4-13(11)26-14/h1-4,9-10H,5-8H2,(H,19,22)(H,20,23). The van der Waals surface area contributed by atoms with Crippen molar-refractivity contribution in [3.05, 3.63) is 46.3 Å². The van der Waals surface area contributed by atoms with Crippen molar-refractivity contribution in [2.45, 2.75) is 0 Å². The van der Waals surface area contributed by atoms with Crippen molar-refractivity contribution in [2.75, 3.05) is 31.2 Å². The van der Waals surface area contributed by atoms with Gasteiger partial charge >= 0.3 is 0 Å². The van der Waals surface area contributed by atoms with Crippen LogP contribution in [-0.2, 0) is 4.74 Å². The summed E-state index contributed by atoms with van der Waals surface area (Å²) in [5, 5.41) is 3.48. The van der Waals surface area contributed by atoms with Gasteiger partial charge in [0.25, 0.3) is 11.8 Å². The maximum atomic E-state index is 12.2. The Balaban J connectivity index is 1.37. The predicted molar refractivity (Wildman–Crippen MR) is 102 cm³/mol. The molecule has 0 spiro atoms. The van der Waals surface area contributed by atoms with Gasteiger partial charge in [-0.2, -0.15) is 0 Å². The summed E-state index contributed by atoms with van der Waals surface area (Å²) >= 11 is 2.79. The van der Waals surface area contributed by atoms with Crippen molar-refractivity contribution in [1.82, 2.24) is 15.8 Å². The number of rotatable bonds is 3. The Hall–Kier alpha value is -2.49. The highest BCUT2D eigenvalue weighted by Crippen LogP contribution is 2.25. The zero-order chi connectivity index (χ0) is 17.9. The van der Waals surface area contributed by atoms with Crippen LogP contribution >= 0.6 is 22.7 Å². The second kappa shape index (κ2) is 7.40. The van der Waals surface area contributed by atoms with E-state index in [0.29, 0.717) is 18.1 Å². The van der Waals surface area contributed by atoms with Gasteiger partial charge in [-0.15, -0.1) is 22.7 Å². The van der Waals surface area contributed by atoms with Gasteiger partial charge < -0.3 is 9.64 Å². The van der Waals surface area contributed by atoms with Gasteiger partial charge in [-0.1, -0.05) is 18.2 Å². The smallest absolute Gasteiger partial charge is 0.289 e. The van der Waals surface area contributed by atoms with Crippen molar-refractivity contribution in [3.8, 4) is 0 Å². The lowest BCUT2D eigenvalue weighted by molar-refractivity contribution is 0.0846. The van der Waals surface area contributed by atoms with Crippen LogP contribution < -0.4 is 15.8 Å². The number of nitrogens with one attached hydrogen (secondary N) is 2. The van der Waals surface area contributed by atoms with Crippen LogP contribution in [0.15, 0.2) is 35.7 Å². The molecule has 0 aliphatic carbocycles.